The summed E-state index contributed by atoms with van der Waals surface area (Å²) in [6, 6.07) is 11.6. The largest absolute Gasteiger partial charge is 0.495 e. The van der Waals surface area contributed by atoms with Gasteiger partial charge in [-0.3, -0.25) is 4.79 Å². The molecule has 1 aromatic heterocycles. The predicted molar refractivity (Wildman–Crippen MR) is 114 cm³/mol. The van der Waals surface area contributed by atoms with Gasteiger partial charge in [-0.1, -0.05) is 6.07 Å². The van der Waals surface area contributed by atoms with Crippen LogP contribution < -0.4 is 20.7 Å². The van der Waals surface area contributed by atoms with E-state index < -0.39 is 11.7 Å². The molecule has 1 saturated carbocycles. The van der Waals surface area contributed by atoms with Gasteiger partial charge in [0, 0.05) is 23.4 Å². The summed E-state index contributed by atoms with van der Waals surface area (Å²) in [5.74, 6) is 1.26. The number of aromatic nitrogens is 2. The van der Waals surface area contributed by atoms with Crippen molar-refractivity contribution in [1.82, 2.24) is 9.97 Å². The van der Waals surface area contributed by atoms with E-state index in [2.05, 4.69) is 25.9 Å². The molecule has 1 aliphatic rings. The second-order valence-corrected chi connectivity index (χ2v) is 7.30. The van der Waals surface area contributed by atoms with Crippen molar-refractivity contribution in [2.45, 2.75) is 19.0 Å². The number of hydrogen-bond donors (Lipinski definition) is 3. The lowest BCUT2D eigenvalue weighted by Crippen LogP contribution is -2.14. The number of rotatable bonds is 7. The Morgan fingerprint density at radius 2 is 1.69 bits per heavy atom. The van der Waals surface area contributed by atoms with Crippen molar-refractivity contribution >= 4 is 34.6 Å². The maximum Gasteiger partial charge on any atom is 0.416 e. The van der Waals surface area contributed by atoms with Crippen LogP contribution in [-0.2, 0) is 11.0 Å². The van der Waals surface area contributed by atoms with Gasteiger partial charge in [0.1, 0.15) is 23.7 Å². The Bertz CT molecular complexity index is 1130. The fourth-order valence-electron chi connectivity index (χ4n) is 3.03. The molecule has 3 N–H and O–H groups in total. The van der Waals surface area contributed by atoms with Crippen LogP contribution in [0.4, 0.5) is 41.9 Å². The number of hydrogen-bond acceptors (Lipinski definition) is 6. The van der Waals surface area contributed by atoms with E-state index in [1.807, 2.05) is 0 Å². The molecule has 2 aromatic carbocycles. The minimum Gasteiger partial charge on any atom is -0.495 e. The number of carbonyl (C=O) groups is 1. The minimum absolute atomic E-state index is 0.0441. The molecule has 1 heterocycles. The SMILES string of the molecule is COc1ccc(Nc2cc(Nc3cccc(C(F)(F)F)c3)ncn2)cc1NC(=O)C1CC1. The number of benzene rings is 2. The Labute approximate surface area is 182 Å². The maximum absolute atomic E-state index is 12.9. The van der Waals surface area contributed by atoms with E-state index in [4.69, 9.17) is 4.74 Å². The molecule has 10 heteroatoms. The van der Waals surface area contributed by atoms with Crippen LogP contribution in [0.25, 0.3) is 0 Å². The van der Waals surface area contributed by atoms with Crippen LogP contribution >= 0.6 is 0 Å². The molecule has 0 radical (unpaired) electrons. The number of anilines is 5. The summed E-state index contributed by atoms with van der Waals surface area (Å²) >= 11 is 0. The molecule has 0 atom stereocenters. The van der Waals surface area contributed by atoms with E-state index in [0.29, 0.717) is 28.8 Å². The first kappa shape index (κ1) is 21.4. The van der Waals surface area contributed by atoms with Gasteiger partial charge in [0.25, 0.3) is 0 Å². The molecule has 0 saturated heterocycles. The summed E-state index contributed by atoms with van der Waals surface area (Å²) in [6.45, 7) is 0. The quantitative estimate of drug-likeness (QED) is 0.457. The molecule has 166 valence electrons. The molecule has 0 spiro atoms. The van der Waals surface area contributed by atoms with Crippen LogP contribution in [0.3, 0.4) is 0 Å². The summed E-state index contributed by atoms with van der Waals surface area (Å²) in [4.78, 5) is 20.3. The van der Waals surface area contributed by atoms with Gasteiger partial charge < -0.3 is 20.7 Å². The second kappa shape index (κ2) is 8.74. The molecule has 1 amide bonds. The fraction of sp³-hybridized carbons (Fsp3) is 0.227. The van der Waals surface area contributed by atoms with Gasteiger partial charge in [0.15, 0.2) is 0 Å². The number of nitrogens with zero attached hydrogens (tertiary/aromatic N) is 2. The van der Waals surface area contributed by atoms with Crippen LogP contribution in [-0.4, -0.2) is 23.0 Å². The zero-order valence-corrected chi connectivity index (χ0v) is 17.0. The van der Waals surface area contributed by atoms with Crippen molar-refractivity contribution < 1.29 is 22.7 Å². The molecule has 0 unspecified atom stereocenters. The highest BCUT2D eigenvalue weighted by Gasteiger charge is 2.31. The average Bonchev–Trinajstić information content (AvgIpc) is 3.59. The number of alkyl halides is 3. The molecule has 7 nitrogen and oxygen atoms in total. The summed E-state index contributed by atoms with van der Waals surface area (Å²) < 4.78 is 44.1. The van der Waals surface area contributed by atoms with Crippen LogP contribution in [0.1, 0.15) is 18.4 Å². The van der Waals surface area contributed by atoms with E-state index in [1.54, 1.807) is 24.3 Å². The Balaban J connectivity index is 1.50. The summed E-state index contributed by atoms with van der Waals surface area (Å²) in [5.41, 5.74) is 0.666. The topological polar surface area (TPSA) is 88.2 Å². The molecule has 1 aliphatic carbocycles. The van der Waals surface area contributed by atoms with Crippen LogP contribution in [0, 0.1) is 5.92 Å². The van der Waals surface area contributed by atoms with Crippen molar-refractivity contribution in [3.63, 3.8) is 0 Å². The van der Waals surface area contributed by atoms with Gasteiger partial charge >= 0.3 is 6.18 Å². The van der Waals surface area contributed by atoms with Gasteiger partial charge in [-0.05, 0) is 49.2 Å². The van der Waals surface area contributed by atoms with Gasteiger partial charge in [-0.2, -0.15) is 13.2 Å². The predicted octanol–water partition coefficient (Wildman–Crippen LogP) is 5.34. The summed E-state index contributed by atoms with van der Waals surface area (Å²) in [5, 5.41) is 8.82. The third kappa shape index (κ3) is 5.26. The van der Waals surface area contributed by atoms with Gasteiger partial charge in [0.2, 0.25) is 5.91 Å². The average molecular weight is 443 g/mol. The number of amides is 1. The standard InChI is InChI=1S/C22H20F3N5O2/c1-32-18-8-7-16(10-17(18)30-21(31)13-5-6-13)29-20-11-19(26-12-27-20)28-15-4-2-3-14(9-15)22(23,24)25/h2-4,7-13H,5-6H2,1H3,(H,30,31)(H2,26,27,28,29). The molecule has 32 heavy (non-hydrogen) atoms. The molecule has 3 aromatic rings. The third-order valence-corrected chi connectivity index (χ3v) is 4.81. The highest BCUT2D eigenvalue weighted by molar-refractivity contribution is 5.96. The monoisotopic (exact) mass is 443 g/mol. The lowest BCUT2D eigenvalue weighted by Gasteiger charge is -2.14. The van der Waals surface area contributed by atoms with Crippen molar-refractivity contribution in [1.29, 1.82) is 0 Å². The molecule has 0 bridgehead atoms. The van der Waals surface area contributed by atoms with Crippen LogP contribution in [0.2, 0.25) is 0 Å². The van der Waals surface area contributed by atoms with Gasteiger partial charge in [-0.25, -0.2) is 9.97 Å². The molecule has 1 fully saturated rings. The van der Waals surface area contributed by atoms with Crippen LogP contribution in [0.5, 0.6) is 5.75 Å². The van der Waals surface area contributed by atoms with E-state index in [-0.39, 0.29) is 17.5 Å². The minimum atomic E-state index is -4.43. The summed E-state index contributed by atoms with van der Waals surface area (Å²) in [7, 11) is 1.52. The first-order valence-electron chi connectivity index (χ1n) is 9.84. The Morgan fingerprint density at radius 3 is 2.31 bits per heavy atom. The Morgan fingerprint density at radius 1 is 1.00 bits per heavy atom. The van der Waals surface area contributed by atoms with Crippen molar-refractivity contribution in [3.8, 4) is 5.75 Å². The van der Waals surface area contributed by atoms with E-state index >= 15 is 0 Å². The van der Waals surface area contributed by atoms with E-state index in [9.17, 15) is 18.0 Å². The number of methoxy groups -OCH3 is 1. The van der Waals surface area contributed by atoms with Gasteiger partial charge in [-0.15, -0.1) is 0 Å². The lowest BCUT2D eigenvalue weighted by atomic mass is 10.2. The van der Waals surface area contributed by atoms with Crippen molar-refractivity contribution in [2.75, 3.05) is 23.1 Å². The van der Waals surface area contributed by atoms with Crippen LogP contribution in [0.15, 0.2) is 54.9 Å². The number of carbonyl (C=O) groups excluding carboxylic acids is 1. The number of ether oxygens (including phenoxy) is 1. The zero-order valence-electron chi connectivity index (χ0n) is 17.0. The first-order valence-corrected chi connectivity index (χ1v) is 9.84. The smallest absolute Gasteiger partial charge is 0.416 e. The summed E-state index contributed by atoms with van der Waals surface area (Å²) in [6.07, 6.45) is -1.38. The maximum atomic E-state index is 12.9. The second-order valence-electron chi connectivity index (χ2n) is 7.30. The number of nitrogens with one attached hydrogen (secondary N) is 3. The Hall–Kier alpha value is -3.82. The van der Waals surface area contributed by atoms with Crippen molar-refractivity contribution in [3.05, 3.63) is 60.4 Å². The van der Waals surface area contributed by atoms with E-state index in [1.165, 1.54) is 25.6 Å². The fourth-order valence-corrected chi connectivity index (χ4v) is 3.03. The van der Waals surface area contributed by atoms with Crippen molar-refractivity contribution in [2.24, 2.45) is 5.92 Å². The molecule has 4 rings (SSSR count). The first-order chi connectivity index (χ1) is 15.3. The molecule has 0 aliphatic heterocycles. The normalized spacial score (nSPS) is 13.4. The highest BCUT2D eigenvalue weighted by atomic mass is 19.4. The van der Waals surface area contributed by atoms with Gasteiger partial charge in [0.05, 0.1) is 18.4 Å². The molecular formula is C22H20F3N5O2. The molecular weight excluding hydrogens is 423 g/mol. The third-order valence-electron chi connectivity index (χ3n) is 4.81. The zero-order chi connectivity index (χ0) is 22.7. The highest BCUT2D eigenvalue weighted by Crippen LogP contribution is 2.34. The van der Waals surface area contributed by atoms with E-state index in [0.717, 1.165) is 25.0 Å². The Kier molecular flexibility index (Phi) is 5.85. The lowest BCUT2D eigenvalue weighted by molar-refractivity contribution is -0.137. The number of halogens is 3.